The lowest BCUT2D eigenvalue weighted by Crippen LogP contribution is -2.22. The number of aryl methyl sites for hydroxylation is 1. The molecule has 3 rings (SSSR count). The van der Waals surface area contributed by atoms with E-state index in [2.05, 4.69) is 52.1 Å². The summed E-state index contributed by atoms with van der Waals surface area (Å²) in [6.45, 7) is 10.6. The molecular formula is C23H28N2O2S. The van der Waals surface area contributed by atoms with Gasteiger partial charge in [0.15, 0.2) is 6.61 Å². The molecule has 5 heteroatoms. The number of hydrogen-bond donors (Lipinski definition) is 1. The highest BCUT2D eigenvalue weighted by atomic mass is 32.1. The van der Waals surface area contributed by atoms with Crippen molar-refractivity contribution in [1.82, 2.24) is 0 Å². The van der Waals surface area contributed by atoms with Crippen molar-refractivity contribution in [2.24, 2.45) is 5.92 Å². The van der Waals surface area contributed by atoms with Crippen molar-refractivity contribution in [3.8, 4) is 11.8 Å². The number of anilines is 1. The molecule has 1 aromatic heterocycles. The standard InChI is InChI=1S/C23H28N2O2S/c1-14-7-9-19(18(10-14)23(3,4)5)27-13-21(26)25-22-17(12-24)16-8-6-15(2)11-20(16)28-22/h7,9-10,15H,6,8,11,13H2,1-5H3,(H,25,26). The molecule has 1 N–H and O–H groups in total. The van der Waals surface area contributed by atoms with Gasteiger partial charge >= 0.3 is 0 Å². The second-order valence-corrected chi connectivity index (χ2v) is 9.86. The smallest absolute Gasteiger partial charge is 0.262 e. The van der Waals surface area contributed by atoms with E-state index >= 15 is 0 Å². The van der Waals surface area contributed by atoms with Crippen LogP contribution in [0.5, 0.6) is 5.75 Å². The Kier molecular flexibility index (Phi) is 5.81. The van der Waals surface area contributed by atoms with E-state index in [1.54, 1.807) is 0 Å². The molecule has 0 aliphatic heterocycles. The molecule has 4 nitrogen and oxygen atoms in total. The third kappa shape index (κ3) is 4.39. The fraction of sp³-hybridized carbons (Fsp3) is 0.478. The van der Waals surface area contributed by atoms with Gasteiger partial charge in [0, 0.05) is 4.88 Å². The van der Waals surface area contributed by atoms with E-state index in [1.807, 2.05) is 12.1 Å². The Morgan fingerprint density at radius 3 is 2.82 bits per heavy atom. The number of rotatable bonds is 4. The fourth-order valence-electron chi connectivity index (χ4n) is 3.62. The minimum absolute atomic E-state index is 0.0734. The van der Waals surface area contributed by atoms with Gasteiger partial charge in [-0.15, -0.1) is 11.3 Å². The van der Waals surface area contributed by atoms with Gasteiger partial charge in [-0.25, -0.2) is 0 Å². The highest BCUT2D eigenvalue weighted by molar-refractivity contribution is 7.16. The highest BCUT2D eigenvalue weighted by Crippen LogP contribution is 2.39. The molecule has 1 unspecified atom stereocenters. The zero-order valence-corrected chi connectivity index (χ0v) is 18.1. The topological polar surface area (TPSA) is 62.1 Å². The van der Waals surface area contributed by atoms with E-state index in [0.717, 1.165) is 36.1 Å². The van der Waals surface area contributed by atoms with Gasteiger partial charge in [0.25, 0.3) is 5.91 Å². The van der Waals surface area contributed by atoms with E-state index in [-0.39, 0.29) is 17.9 Å². The number of hydrogen-bond acceptors (Lipinski definition) is 4. The molecule has 0 spiro atoms. The van der Waals surface area contributed by atoms with E-state index in [9.17, 15) is 10.1 Å². The molecule has 0 bridgehead atoms. The first-order valence-corrected chi connectivity index (χ1v) is 10.6. The normalized spacial score (nSPS) is 16.2. The van der Waals surface area contributed by atoms with Gasteiger partial charge in [0.05, 0.1) is 5.56 Å². The molecule has 28 heavy (non-hydrogen) atoms. The SMILES string of the molecule is Cc1ccc(OCC(=O)Nc2sc3c(c2C#N)CCC(C)C3)c(C(C)(C)C)c1. The van der Waals surface area contributed by atoms with Crippen LogP contribution in [0.2, 0.25) is 0 Å². The maximum atomic E-state index is 12.5. The maximum Gasteiger partial charge on any atom is 0.262 e. The minimum atomic E-state index is -0.233. The van der Waals surface area contributed by atoms with E-state index in [0.29, 0.717) is 16.5 Å². The van der Waals surface area contributed by atoms with Gasteiger partial charge in [0.1, 0.15) is 16.8 Å². The Hall–Kier alpha value is -2.32. The summed E-state index contributed by atoms with van der Waals surface area (Å²) in [5, 5.41) is 13.1. The quantitative estimate of drug-likeness (QED) is 0.756. The van der Waals surface area contributed by atoms with E-state index in [1.165, 1.54) is 21.8 Å². The Morgan fingerprint density at radius 2 is 2.14 bits per heavy atom. The summed E-state index contributed by atoms with van der Waals surface area (Å²) in [6, 6.07) is 8.31. The third-order valence-corrected chi connectivity index (χ3v) is 6.35. The number of carbonyl (C=O) groups is 1. The van der Waals surface area contributed by atoms with Crippen molar-refractivity contribution < 1.29 is 9.53 Å². The number of thiophene rings is 1. The van der Waals surface area contributed by atoms with E-state index in [4.69, 9.17) is 4.74 Å². The summed E-state index contributed by atoms with van der Waals surface area (Å²) in [5.74, 6) is 1.12. The lowest BCUT2D eigenvalue weighted by molar-refractivity contribution is -0.118. The molecule has 1 amide bonds. The van der Waals surface area contributed by atoms with E-state index < -0.39 is 0 Å². The average Bonchev–Trinajstić information content (AvgIpc) is 2.95. The molecule has 1 atom stereocenters. The first-order valence-electron chi connectivity index (χ1n) is 9.77. The second kappa shape index (κ2) is 7.97. The van der Waals surface area contributed by atoms with Crippen molar-refractivity contribution in [1.29, 1.82) is 5.26 Å². The summed E-state index contributed by atoms with van der Waals surface area (Å²) in [4.78, 5) is 13.8. The molecule has 0 saturated heterocycles. The number of benzene rings is 1. The molecule has 148 valence electrons. The van der Waals surface area contributed by atoms with Crippen LogP contribution in [0.4, 0.5) is 5.00 Å². The van der Waals surface area contributed by atoms with Gasteiger partial charge < -0.3 is 10.1 Å². The summed E-state index contributed by atoms with van der Waals surface area (Å²) >= 11 is 1.54. The van der Waals surface area contributed by atoms with Gasteiger partial charge in [0.2, 0.25) is 0 Å². The summed E-state index contributed by atoms with van der Waals surface area (Å²) < 4.78 is 5.85. The molecule has 1 aliphatic rings. The first-order chi connectivity index (χ1) is 13.2. The molecule has 1 aliphatic carbocycles. The van der Waals surface area contributed by atoms with Crippen LogP contribution in [-0.2, 0) is 23.1 Å². The predicted octanol–water partition coefficient (Wildman–Crippen LogP) is 5.37. The molecule has 0 saturated carbocycles. The predicted molar refractivity (Wildman–Crippen MR) is 114 cm³/mol. The minimum Gasteiger partial charge on any atom is -0.483 e. The first kappa shape index (κ1) is 20.4. The number of amides is 1. The third-order valence-electron chi connectivity index (χ3n) is 5.18. The summed E-state index contributed by atoms with van der Waals surface area (Å²) in [5.41, 5.74) is 3.92. The number of nitrogens with one attached hydrogen (secondary N) is 1. The number of fused-ring (bicyclic) bond motifs is 1. The fourth-order valence-corrected chi connectivity index (χ4v) is 5.00. The van der Waals surface area contributed by atoms with Gasteiger partial charge in [-0.3, -0.25) is 4.79 Å². The molecular weight excluding hydrogens is 368 g/mol. The average molecular weight is 397 g/mol. The van der Waals surface area contributed by atoms with Crippen LogP contribution in [0.3, 0.4) is 0 Å². The Balaban J connectivity index is 1.72. The van der Waals surface area contributed by atoms with Crippen LogP contribution in [0, 0.1) is 24.2 Å². The number of nitriles is 1. The monoisotopic (exact) mass is 396 g/mol. The summed E-state index contributed by atoms with van der Waals surface area (Å²) in [7, 11) is 0. The maximum absolute atomic E-state index is 12.5. The largest absolute Gasteiger partial charge is 0.483 e. The van der Waals surface area contributed by atoms with Crippen LogP contribution in [0.25, 0.3) is 0 Å². The number of ether oxygens (including phenoxy) is 1. The van der Waals surface area contributed by atoms with Crippen LogP contribution in [0.1, 0.15) is 61.2 Å². The van der Waals surface area contributed by atoms with Crippen LogP contribution >= 0.6 is 11.3 Å². The van der Waals surface area contributed by atoms with Crippen molar-refractivity contribution in [2.45, 2.75) is 59.3 Å². The lowest BCUT2D eigenvalue weighted by Gasteiger charge is -2.23. The molecule has 0 radical (unpaired) electrons. The molecule has 1 aromatic carbocycles. The Morgan fingerprint density at radius 1 is 1.39 bits per heavy atom. The molecule has 1 heterocycles. The van der Waals surface area contributed by atoms with Crippen molar-refractivity contribution >= 4 is 22.2 Å². The van der Waals surface area contributed by atoms with Crippen molar-refractivity contribution in [3.63, 3.8) is 0 Å². The number of nitrogens with zero attached hydrogens (tertiary/aromatic N) is 1. The van der Waals surface area contributed by atoms with Gasteiger partial charge in [-0.05, 0) is 54.7 Å². The zero-order valence-electron chi connectivity index (χ0n) is 17.3. The second-order valence-electron chi connectivity index (χ2n) is 8.75. The number of carbonyl (C=O) groups excluding carboxylic acids is 1. The van der Waals surface area contributed by atoms with Crippen LogP contribution in [0.15, 0.2) is 18.2 Å². The Bertz CT molecular complexity index is 931. The molecule has 2 aromatic rings. The van der Waals surface area contributed by atoms with Crippen LogP contribution in [-0.4, -0.2) is 12.5 Å². The molecule has 0 fully saturated rings. The van der Waals surface area contributed by atoms with Crippen molar-refractivity contribution in [3.05, 3.63) is 45.3 Å². The van der Waals surface area contributed by atoms with Crippen LogP contribution < -0.4 is 10.1 Å². The Labute approximate surface area is 171 Å². The lowest BCUT2D eigenvalue weighted by atomic mass is 9.85. The highest BCUT2D eigenvalue weighted by Gasteiger charge is 2.25. The van der Waals surface area contributed by atoms with Gasteiger partial charge in [-0.1, -0.05) is 45.4 Å². The summed E-state index contributed by atoms with van der Waals surface area (Å²) in [6.07, 6.45) is 3.00. The van der Waals surface area contributed by atoms with Gasteiger partial charge in [-0.2, -0.15) is 5.26 Å². The van der Waals surface area contributed by atoms with Crippen molar-refractivity contribution in [2.75, 3.05) is 11.9 Å². The zero-order chi connectivity index (χ0) is 20.5.